The number of hydrogen-bond acceptors (Lipinski definition) is 2. The Morgan fingerprint density at radius 3 is 2.68 bits per heavy atom. The van der Waals surface area contributed by atoms with E-state index in [1.807, 2.05) is 20.8 Å². The zero-order chi connectivity index (χ0) is 16.4. The van der Waals surface area contributed by atoms with Crippen molar-refractivity contribution in [2.45, 2.75) is 91.6 Å². The Kier molecular flexibility index (Phi) is 8.31. The smallest absolute Gasteiger partial charge is 0.312 e. The summed E-state index contributed by atoms with van der Waals surface area (Å²) in [7, 11) is 0. The van der Waals surface area contributed by atoms with Gasteiger partial charge < -0.3 is 4.74 Å². The normalized spacial score (nSPS) is 19.7. The van der Waals surface area contributed by atoms with E-state index in [-0.39, 0.29) is 12.1 Å². The highest BCUT2D eigenvalue weighted by atomic mass is 16.5. The van der Waals surface area contributed by atoms with Gasteiger partial charge in [-0.1, -0.05) is 44.1 Å². The minimum Gasteiger partial charge on any atom is -0.444 e. The van der Waals surface area contributed by atoms with Gasteiger partial charge in [0.1, 0.15) is 0 Å². The van der Waals surface area contributed by atoms with Crippen LogP contribution in [0.4, 0.5) is 0 Å². The van der Waals surface area contributed by atoms with E-state index in [1.54, 1.807) is 0 Å². The fourth-order valence-electron chi connectivity index (χ4n) is 2.37. The molecule has 0 heterocycles. The van der Waals surface area contributed by atoms with Crippen molar-refractivity contribution >= 4 is 5.97 Å². The molecule has 22 heavy (non-hydrogen) atoms. The quantitative estimate of drug-likeness (QED) is 0.300. The van der Waals surface area contributed by atoms with Gasteiger partial charge in [0.05, 0.1) is 5.41 Å². The maximum absolute atomic E-state index is 12.2. The summed E-state index contributed by atoms with van der Waals surface area (Å²) < 4.78 is 5.75. The van der Waals surface area contributed by atoms with Gasteiger partial charge in [0.15, 0.2) is 6.10 Å². The summed E-state index contributed by atoms with van der Waals surface area (Å²) in [5, 5.41) is 0. The fraction of sp³-hybridized carbons (Fsp3) is 0.750. The minimum absolute atomic E-state index is 0.162. The van der Waals surface area contributed by atoms with Crippen molar-refractivity contribution in [3.05, 3.63) is 11.6 Å². The first-order valence-electron chi connectivity index (χ1n) is 8.83. The van der Waals surface area contributed by atoms with E-state index >= 15 is 0 Å². The summed E-state index contributed by atoms with van der Waals surface area (Å²) in [5.74, 6) is 6.26. The van der Waals surface area contributed by atoms with Gasteiger partial charge in [-0.15, -0.1) is 0 Å². The zero-order valence-corrected chi connectivity index (χ0v) is 14.8. The van der Waals surface area contributed by atoms with E-state index in [1.165, 1.54) is 31.3 Å². The number of carbonyl (C=O) groups is 1. The van der Waals surface area contributed by atoms with Gasteiger partial charge in [-0.3, -0.25) is 4.79 Å². The highest BCUT2D eigenvalue weighted by Crippen LogP contribution is 2.24. The predicted octanol–water partition coefficient (Wildman–Crippen LogP) is 5.42. The van der Waals surface area contributed by atoms with Crippen LogP contribution in [-0.2, 0) is 9.53 Å². The molecule has 0 fully saturated rings. The molecule has 1 aliphatic carbocycles. The second-order valence-electron chi connectivity index (χ2n) is 7.19. The molecule has 0 amide bonds. The highest BCUT2D eigenvalue weighted by molar-refractivity contribution is 5.76. The Balaban J connectivity index is 2.83. The highest BCUT2D eigenvalue weighted by Gasteiger charge is 2.27. The lowest BCUT2D eigenvalue weighted by Gasteiger charge is -2.23. The van der Waals surface area contributed by atoms with Crippen molar-refractivity contribution in [1.82, 2.24) is 0 Å². The number of carbonyl (C=O) groups excluding carboxylic acids is 1. The first kappa shape index (κ1) is 18.8. The molecule has 0 aromatic carbocycles. The monoisotopic (exact) mass is 304 g/mol. The third-order valence-electron chi connectivity index (χ3n) is 3.89. The van der Waals surface area contributed by atoms with Gasteiger partial charge in [0, 0.05) is 6.42 Å². The Morgan fingerprint density at radius 1 is 1.27 bits per heavy atom. The molecular formula is C20H32O2. The van der Waals surface area contributed by atoms with E-state index in [0.717, 1.165) is 32.1 Å². The van der Waals surface area contributed by atoms with Gasteiger partial charge in [-0.25, -0.2) is 0 Å². The molecule has 0 spiro atoms. The topological polar surface area (TPSA) is 26.3 Å². The number of ether oxygens (including phenoxy) is 1. The van der Waals surface area contributed by atoms with Gasteiger partial charge in [-0.2, -0.15) is 0 Å². The molecule has 0 N–H and O–H groups in total. The zero-order valence-electron chi connectivity index (χ0n) is 14.8. The van der Waals surface area contributed by atoms with Crippen LogP contribution in [0, 0.1) is 17.3 Å². The molecule has 0 radical (unpaired) electrons. The molecule has 124 valence electrons. The summed E-state index contributed by atoms with van der Waals surface area (Å²) in [6, 6.07) is 0. The van der Waals surface area contributed by atoms with E-state index in [0.29, 0.717) is 0 Å². The lowest BCUT2D eigenvalue weighted by Crippen LogP contribution is -2.29. The average Bonchev–Trinajstić information content (AvgIpc) is 2.41. The Labute approximate surface area is 136 Å². The molecule has 1 aliphatic rings. The molecular weight excluding hydrogens is 272 g/mol. The Morgan fingerprint density at radius 2 is 2.00 bits per heavy atom. The van der Waals surface area contributed by atoms with Gasteiger partial charge in [-0.05, 0) is 58.4 Å². The van der Waals surface area contributed by atoms with E-state index in [9.17, 15) is 4.79 Å². The van der Waals surface area contributed by atoms with Crippen molar-refractivity contribution < 1.29 is 9.53 Å². The fourth-order valence-corrected chi connectivity index (χ4v) is 2.37. The molecule has 0 aliphatic heterocycles. The molecule has 1 atom stereocenters. The third-order valence-corrected chi connectivity index (χ3v) is 3.89. The molecule has 1 unspecified atom stereocenters. The minimum atomic E-state index is -0.481. The Bertz CT molecular complexity index is 429. The summed E-state index contributed by atoms with van der Waals surface area (Å²) in [5.41, 5.74) is 0.729. The standard InChI is InChI=1S/C20H32O2/c1-5-6-7-13-16-18(22-19(21)20(2,3)4)17-14-11-9-8-10-12-15-17/h14,18H,5-12,15H2,1-4H3/b17-14+. The lowest BCUT2D eigenvalue weighted by molar-refractivity contribution is -0.154. The number of unbranched alkanes of at least 4 members (excludes halogenated alkanes) is 2. The van der Waals surface area contributed by atoms with Crippen molar-refractivity contribution in [3.8, 4) is 11.8 Å². The van der Waals surface area contributed by atoms with Crippen LogP contribution in [0.1, 0.15) is 85.5 Å². The van der Waals surface area contributed by atoms with E-state index in [2.05, 4.69) is 24.8 Å². The van der Waals surface area contributed by atoms with Crippen molar-refractivity contribution in [3.63, 3.8) is 0 Å². The molecule has 0 saturated heterocycles. The molecule has 2 heteroatoms. The lowest BCUT2D eigenvalue weighted by atomic mass is 9.95. The molecule has 0 bridgehead atoms. The van der Waals surface area contributed by atoms with Crippen LogP contribution in [0.15, 0.2) is 11.6 Å². The molecule has 0 aromatic heterocycles. The van der Waals surface area contributed by atoms with Crippen LogP contribution in [0.5, 0.6) is 0 Å². The van der Waals surface area contributed by atoms with Crippen LogP contribution in [0.25, 0.3) is 0 Å². The first-order chi connectivity index (χ1) is 10.4. The number of hydrogen-bond donors (Lipinski definition) is 0. The predicted molar refractivity (Wildman–Crippen MR) is 92.4 cm³/mol. The SMILES string of the molecule is CCCCC#CC(OC(=O)C(C)(C)C)/C1=C/CCCCCC1. The second-order valence-corrected chi connectivity index (χ2v) is 7.19. The van der Waals surface area contributed by atoms with Crippen LogP contribution >= 0.6 is 0 Å². The first-order valence-corrected chi connectivity index (χ1v) is 8.83. The van der Waals surface area contributed by atoms with E-state index in [4.69, 9.17) is 4.74 Å². The van der Waals surface area contributed by atoms with Crippen LogP contribution < -0.4 is 0 Å². The van der Waals surface area contributed by atoms with Gasteiger partial charge >= 0.3 is 5.97 Å². The van der Waals surface area contributed by atoms with Gasteiger partial charge in [0.25, 0.3) is 0 Å². The summed E-state index contributed by atoms with van der Waals surface area (Å²) in [6.45, 7) is 7.84. The largest absolute Gasteiger partial charge is 0.444 e. The Hall–Kier alpha value is -1.23. The molecule has 1 rings (SSSR count). The molecule has 0 saturated carbocycles. The van der Waals surface area contributed by atoms with Crippen LogP contribution in [-0.4, -0.2) is 12.1 Å². The summed E-state index contributed by atoms with van der Waals surface area (Å²) in [4.78, 5) is 12.2. The average molecular weight is 304 g/mol. The molecule has 2 nitrogen and oxygen atoms in total. The number of allylic oxidation sites excluding steroid dienone is 1. The third kappa shape index (κ3) is 7.16. The number of rotatable bonds is 4. The van der Waals surface area contributed by atoms with Crippen LogP contribution in [0.3, 0.4) is 0 Å². The maximum atomic E-state index is 12.2. The van der Waals surface area contributed by atoms with Crippen LogP contribution in [0.2, 0.25) is 0 Å². The van der Waals surface area contributed by atoms with Crippen molar-refractivity contribution in [1.29, 1.82) is 0 Å². The van der Waals surface area contributed by atoms with E-state index < -0.39 is 5.41 Å². The van der Waals surface area contributed by atoms with Gasteiger partial charge in [0.2, 0.25) is 0 Å². The number of esters is 1. The second kappa shape index (κ2) is 9.72. The van der Waals surface area contributed by atoms with Crippen molar-refractivity contribution in [2.24, 2.45) is 5.41 Å². The molecule has 0 aromatic rings. The maximum Gasteiger partial charge on any atom is 0.312 e. The summed E-state index contributed by atoms with van der Waals surface area (Å²) in [6.07, 6.45) is 12.1. The van der Waals surface area contributed by atoms with Crippen molar-refractivity contribution in [2.75, 3.05) is 0 Å². The summed E-state index contributed by atoms with van der Waals surface area (Å²) >= 11 is 0.